The standard InChI is InChI=1S/C15H30N2O/c1-4-11(2)14(16)15(18)17-12(3)13-9-7-5-6-8-10-13/h11-14H,4-10,16H2,1-3H3,(H,17,18)/t11?,12-,14?/m0/s1. The minimum atomic E-state index is -0.358. The van der Waals surface area contributed by atoms with Gasteiger partial charge >= 0.3 is 0 Å². The monoisotopic (exact) mass is 254 g/mol. The van der Waals surface area contributed by atoms with Gasteiger partial charge in [-0.3, -0.25) is 4.79 Å². The van der Waals surface area contributed by atoms with Crippen LogP contribution in [0.15, 0.2) is 0 Å². The predicted molar refractivity (Wildman–Crippen MR) is 76.2 cm³/mol. The van der Waals surface area contributed by atoms with Crippen LogP contribution in [0.2, 0.25) is 0 Å². The van der Waals surface area contributed by atoms with Gasteiger partial charge in [-0.05, 0) is 31.6 Å². The van der Waals surface area contributed by atoms with Crippen LogP contribution in [0.1, 0.15) is 65.7 Å². The van der Waals surface area contributed by atoms with E-state index in [1.54, 1.807) is 0 Å². The molecular weight excluding hydrogens is 224 g/mol. The largest absolute Gasteiger partial charge is 0.352 e. The highest BCUT2D eigenvalue weighted by Crippen LogP contribution is 2.25. The predicted octanol–water partition coefficient (Wildman–Crippen LogP) is 2.83. The maximum atomic E-state index is 12.0. The van der Waals surface area contributed by atoms with Gasteiger partial charge in [-0.1, -0.05) is 46.0 Å². The van der Waals surface area contributed by atoms with Crippen molar-refractivity contribution in [2.75, 3.05) is 0 Å². The summed E-state index contributed by atoms with van der Waals surface area (Å²) in [6.45, 7) is 6.25. The molecule has 1 saturated carbocycles. The van der Waals surface area contributed by atoms with Gasteiger partial charge in [0.05, 0.1) is 6.04 Å². The molecule has 0 aromatic rings. The Morgan fingerprint density at radius 1 is 1.22 bits per heavy atom. The number of rotatable bonds is 5. The molecule has 0 aromatic heterocycles. The molecular formula is C15H30N2O. The van der Waals surface area contributed by atoms with Gasteiger partial charge in [-0.25, -0.2) is 0 Å². The molecule has 3 N–H and O–H groups in total. The summed E-state index contributed by atoms with van der Waals surface area (Å²) in [4.78, 5) is 12.0. The fourth-order valence-corrected chi connectivity index (χ4v) is 2.76. The lowest BCUT2D eigenvalue weighted by Crippen LogP contribution is -2.49. The van der Waals surface area contributed by atoms with Gasteiger partial charge in [0.1, 0.15) is 0 Å². The second-order valence-electron chi connectivity index (χ2n) is 5.96. The van der Waals surface area contributed by atoms with Crippen molar-refractivity contribution in [3.8, 4) is 0 Å². The van der Waals surface area contributed by atoms with Crippen LogP contribution in [0.4, 0.5) is 0 Å². The molecule has 1 aliphatic carbocycles. The minimum absolute atomic E-state index is 0.0288. The summed E-state index contributed by atoms with van der Waals surface area (Å²) in [5.74, 6) is 0.924. The lowest BCUT2D eigenvalue weighted by Gasteiger charge is -2.26. The highest BCUT2D eigenvalue weighted by atomic mass is 16.2. The lowest BCUT2D eigenvalue weighted by molar-refractivity contribution is -0.124. The Balaban J connectivity index is 2.42. The smallest absolute Gasteiger partial charge is 0.237 e. The fraction of sp³-hybridized carbons (Fsp3) is 0.933. The highest BCUT2D eigenvalue weighted by Gasteiger charge is 2.24. The summed E-state index contributed by atoms with van der Waals surface area (Å²) in [5.41, 5.74) is 5.97. The van der Waals surface area contributed by atoms with Crippen molar-refractivity contribution in [2.45, 2.75) is 77.8 Å². The van der Waals surface area contributed by atoms with Crippen molar-refractivity contribution < 1.29 is 4.79 Å². The zero-order valence-corrected chi connectivity index (χ0v) is 12.2. The number of hydrogen-bond donors (Lipinski definition) is 2. The first-order valence-corrected chi connectivity index (χ1v) is 7.62. The van der Waals surface area contributed by atoms with Gasteiger partial charge in [0.2, 0.25) is 5.91 Å². The molecule has 3 heteroatoms. The third-order valence-corrected chi connectivity index (χ3v) is 4.54. The second-order valence-corrected chi connectivity index (χ2v) is 5.96. The van der Waals surface area contributed by atoms with Crippen molar-refractivity contribution in [2.24, 2.45) is 17.6 Å². The van der Waals surface area contributed by atoms with Crippen molar-refractivity contribution in [1.29, 1.82) is 0 Å². The minimum Gasteiger partial charge on any atom is -0.352 e. The molecule has 0 spiro atoms. The van der Waals surface area contributed by atoms with E-state index in [1.165, 1.54) is 38.5 Å². The summed E-state index contributed by atoms with van der Waals surface area (Å²) in [5, 5.41) is 3.13. The molecule has 1 amide bonds. The van der Waals surface area contributed by atoms with Crippen LogP contribution in [0.5, 0.6) is 0 Å². The van der Waals surface area contributed by atoms with Crippen LogP contribution in [-0.2, 0) is 4.79 Å². The van der Waals surface area contributed by atoms with Crippen LogP contribution >= 0.6 is 0 Å². The average molecular weight is 254 g/mol. The molecule has 1 aliphatic rings. The SMILES string of the molecule is CCC(C)C(N)C(=O)N[C@@H](C)C1CCCCCC1. The topological polar surface area (TPSA) is 55.1 Å². The van der Waals surface area contributed by atoms with Crippen LogP contribution in [-0.4, -0.2) is 18.0 Å². The van der Waals surface area contributed by atoms with Gasteiger partial charge in [0.15, 0.2) is 0 Å². The van der Waals surface area contributed by atoms with E-state index in [0.29, 0.717) is 5.92 Å². The molecule has 0 saturated heterocycles. The van der Waals surface area contributed by atoms with Crippen molar-refractivity contribution in [1.82, 2.24) is 5.32 Å². The van der Waals surface area contributed by atoms with Gasteiger partial charge < -0.3 is 11.1 Å². The fourth-order valence-electron chi connectivity index (χ4n) is 2.76. The third kappa shape index (κ3) is 4.60. The Bertz CT molecular complexity index is 247. The number of amides is 1. The molecule has 3 nitrogen and oxygen atoms in total. The molecule has 0 heterocycles. The lowest BCUT2D eigenvalue weighted by atomic mass is 9.92. The zero-order chi connectivity index (χ0) is 13.5. The van der Waals surface area contributed by atoms with Crippen molar-refractivity contribution >= 4 is 5.91 Å². The van der Waals surface area contributed by atoms with E-state index in [1.807, 2.05) is 6.92 Å². The van der Waals surface area contributed by atoms with E-state index in [4.69, 9.17) is 5.73 Å². The molecule has 0 aliphatic heterocycles. The molecule has 3 atom stereocenters. The maximum Gasteiger partial charge on any atom is 0.237 e. The molecule has 0 aromatic carbocycles. The molecule has 18 heavy (non-hydrogen) atoms. The average Bonchev–Trinajstić information content (AvgIpc) is 2.65. The van der Waals surface area contributed by atoms with Crippen molar-refractivity contribution in [3.05, 3.63) is 0 Å². The molecule has 1 fully saturated rings. The summed E-state index contributed by atoms with van der Waals surface area (Å²) < 4.78 is 0. The molecule has 0 radical (unpaired) electrons. The van der Waals surface area contributed by atoms with Gasteiger partial charge in [-0.15, -0.1) is 0 Å². The van der Waals surface area contributed by atoms with E-state index in [0.717, 1.165) is 6.42 Å². The molecule has 106 valence electrons. The Morgan fingerprint density at radius 3 is 2.28 bits per heavy atom. The third-order valence-electron chi connectivity index (χ3n) is 4.54. The van der Waals surface area contributed by atoms with E-state index in [9.17, 15) is 4.79 Å². The summed E-state index contributed by atoms with van der Waals surface area (Å²) >= 11 is 0. The molecule has 2 unspecified atom stereocenters. The Morgan fingerprint density at radius 2 is 1.78 bits per heavy atom. The van der Waals surface area contributed by atoms with E-state index >= 15 is 0 Å². The Hall–Kier alpha value is -0.570. The number of nitrogens with one attached hydrogen (secondary N) is 1. The Kier molecular flexibility index (Phi) is 6.69. The van der Waals surface area contributed by atoms with Crippen LogP contribution < -0.4 is 11.1 Å². The van der Waals surface area contributed by atoms with E-state index in [-0.39, 0.29) is 23.9 Å². The number of nitrogens with two attached hydrogens (primary N) is 1. The van der Waals surface area contributed by atoms with Gasteiger partial charge in [-0.2, -0.15) is 0 Å². The molecule has 0 bridgehead atoms. The van der Waals surface area contributed by atoms with Gasteiger partial charge in [0.25, 0.3) is 0 Å². The summed E-state index contributed by atoms with van der Waals surface area (Å²) in [6, 6.07) is -0.0889. The van der Waals surface area contributed by atoms with Crippen molar-refractivity contribution in [3.63, 3.8) is 0 Å². The van der Waals surface area contributed by atoms with Crippen LogP contribution in [0, 0.1) is 11.8 Å². The first-order valence-electron chi connectivity index (χ1n) is 7.62. The summed E-state index contributed by atoms with van der Waals surface area (Å²) in [6.07, 6.45) is 8.77. The van der Waals surface area contributed by atoms with Crippen LogP contribution in [0.3, 0.4) is 0 Å². The van der Waals surface area contributed by atoms with E-state index in [2.05, 4.69) is 19.2 Å². The van der Waals surface area contributed by atoms with E-state index < -0.39 is 0 Å². The number of carbonyl (C=O) groups is 1. The zero-order valence-electron chi connectivity index (χ0n) is 12.2. The van der Waals surface area contributed by atoms with Gasteiger partial charge in [0, 0.05) is 6.04 Å². The molecule has 1 rings (SSSR count). The first-order chi connectivity index (χ1) is 8.56. The second kappa shape index (κ2) is 7.78. The maximum absolute atomic E-state index is 12.0. The first kappa shape index (κ1) is 15.5. The Labute approximate surface area is 112 Å². The highest BCUT2D eigenvalue weighted by molar-refractivity contribution is 5.82. The van der Waals surface area contributed by atoms with Crippen LogP contribution in [0.25, 0.3) is 0 Å². The summed E-state index contributed by atoms with van der Waals surface area (Å²) in [7, 11) is 0. The normalized spacial score (nSPS) is 22.9. The number of carbonyl (C=O) groups excluding carboxylic acids is 1. The quantitative estimate of drug-likeness (QED) is 0.741. The number of hydrogen-bond acceptors (Lipinski definition) is 2.